The molecule has 10 heteroatoms. The molecule has 1 fully saturated rings. The van der Waals surface area contributed by atoms with Crippen LogP contribution in [0.2, 0.25) is 0 Å². The van der Waals surface area contributed by atoms with Crippen molar-refractivity contribution in [2.45, 2.75) is 44.3 Å². The van der Waals surface area contributed by atoms with Crippen LogP contribution in [0.25, 0.3) is 0 Å². The number of nitrogens with zero attached hydrogens (tertiary/aromatic N) is 1. The van der Waals surface area contributed by atoms with E-state index in [9.17, 15) is 27.6 Å². The summed E-state index contributed by atoms with van der Waals surface area (Å²) in [5.74, 6) is -1.13. The third-order valence-electron chi connectivity index (χ3n) is 3.59. The molecule has 0 aromatic carbocycles. The number of methoxy groups -OCH3 is 1. The Bertz CT molecular complexity index is 457. The minimum atomic E-state index is -4.49. The Kier molecular flexibility index (Phi) is 7.80. The maximum Gasteiger partial charge on any atom is 0.405 e. The smallest absolute Gasteiger partial charge is 0.405 e. The number of unbranched alkanes of at least 4 members (excludes halogenated alkanes) is 1. The molecule has 0 radical (unpaired) electrons. The summed E-state index contributed by atoms with van der Waals surface area (Å²) < 4.78 is 40.9. The lowest BCUT2D eigenvalue weighted by Crippen LogP contribution is -2.50. The molecule has 3 amide bonds. The number of carbonyl (C=O) groups excluding carboxylic acids is 3. The first-order chi connectivity index (χ1) is 11.2. The molecular formula is C14H22F3N3O4. The van der Waals surface area contributed by atoms with E-state index in [4.69, 9.17) is 0 Å². The second kappa shape index (κ2) is 9.33. The fraction of sp³-hybridized carbons (Fsp3) is 0.786. The first kappa shape index (κ1) is 20.0. The van der Waals surface area contributed by atoms with Crippen LogP contribution in [0.15, 0.2) is 0 Å². The Morgan fingerprint density at radius 2 is 1.92 bits per heavy atom. The molecule has 0 saturated carbocycles. The molecule has 1 unspecified atom stereocenters. The van der Waals surface area contributed by atoms with Gasteiger partial charge in [0.25, 0.3) is 0 Å². The number of likely N-dealkylation sites (tertiary alicyclic amines) is 1. The quantitative estimate of drug-likeness (QED) is 0.531. The molecule has 0 aromatic heterocycles. The summed E-state index contributed by atoms with van der Waals surface area (Å²) in [4.78, 5) is 36.0. The number of hydrogen-bond acceptors (Lipinski definition) is 4. The van der Waals surface area contributed by atoms with Gasteiger partial charge in [-0.2, -0.15) is 13.2 Å². The first-order valence-corrected chi connectivity index (χ1v) is 7.70. The molecule has 0 aliphatic carbocycles. The molecular weight excluding hydrogens is 331 g/mol. The SMILES string of the molecule is COC(=O)CCCCNC(=O)N1CCCC1C(=O)NCC(F)(F)F. The van der Waals surface area contributed by atoms with Crippen molar-refractivity contribution < 1.29 is 32.3 Å². The highest BCUT2D eigenvalue weighted by Gasteiger charge is 2.36. The van der Waals surface area contributed by atoms with E-state index in [1.54, 1.807) is 0 Å². The van der Waals surface area contributed by atoms with Crippen LogP contribution < -0.4 is 10.6 Å². The minimum Gasteiger partial charge on any atom is -0.469 e. The number of hydrogen-bond donors (Lipinski definition) is 2. The molecule has 0 spiro atoms. The van der Waals surface area contributed by atoms with Crippen molar-refractivity contribution in [3.8, 4) is 0 Å². The van der Waals surface area contributed by atoms with E-state index in [-0.39, 0.29) is 12.4 Å². The van der Waals surface area contributed by atoms with E-state index in [1.807, 2.05) is 5.32 Å². The second-order valence-corrected chi connectivity index (χ2v) is 5.45. The lowest BCUT2D eigenvalue weighted by Gasteiger charge is -2.24. The van der Waals surface area contributed by atoms with Gasteiger partial charge in [0.2, 0.25) is 5.91 Å². The van der Waals surface area contributed by atoms with Crippen LogP contribution in [0.1, 0.15) is 32.1 Å². The molecule has 138 valence electrons. The van der Waals surface area contributed by atoms with Gasteiger partial charge in [-0.1, -0.05) is 0 Å². The van der Waals surface area contributed by atoms with E-state index >= 15 is 0 Å². The lowest BCUT2D eigenvalue weighted by atomic mass is 10.2. The molecule has 1 aliphatic rings. The topological polar surface area (TPSA) is 87.7 Å². The molecule has 1 saturated heterocycles. The van der Waals surface area contributed by atoms with Crippen molar-refractivity contribution in [1.29, 1.82) is 0 Å². The number of carbonyl (C=O) groups is 3. The fourth-order valence-corrected chi connectivity index (χ4v) is 2.38. The highest BCUT2D eigenvalue weighted by molar-refractivity contribution is 5.87. The van der Waals surface area contributed by atoms with Crippen molar-refractivity contribution in [3.05, 3.63) is 0 Å². The summed E-state index contributed by atoms with van der Waals surface area (Å²) in [6.45, 7) is -0.785. The molecule has 24 heavy (non-hydrogen) atoms. The zero-order chi connectivity index (χ0) is 18.2. The third-order valence-corrected chi connectivity index (χ3v) is 3.59. The number of alkyl halides is 3. The van der Waals surface area contributed by atoms with Crippen molar-refractivity contribution in [1.82, 2.24) is 15.5 Å². The highest BCUT2D eigenvalue weighted by atomic mass is 19.4. The van der Waals surface area contributed by atoms with E-state index in [0.717, 1.165) is 0 Å². The summed E-state index contributed by atoms with van der Waals surface area (Å²) in [5, 5.41) is 4.41. The van der Waals surface area contributed by atoms with Gasteiger partial charge in [-0.05, 0) is 25.7 Å². The zero-order valence-corrected chi connectivity index (χ0v) is 13.4. The van der Waals surface area contributed by atoms with E-state index in [2.05, 4.69) is 10.1 Å². The molecule has 1 atom stereocenters. The van der Waals surface area contributed by atoms with Gasteiger partial charge in [-0.3, -0.25) is 9.59 Å². The summed E-state index contributed by atoms with van der Waals surface area (Å²) in [7, 11) is 1.29. The molecule has 0 bridgehead atoms. The van der Waals surface area contributed by atoms with Gasteiger partial charge in [0.15, 0.2) is 0 Å². The number of ether oxygens (including phenoxy) is 1. The van der Waals surface area contributed by atoms with Gasteiger partial charge in [0.1, 0.15) is 12.6 Å². The fourth-order valence-electron chi connectivity index (χ4n) is 2.38. The third kappa shape index (κ3) is 7.05. The predicted molar refractivity (Wildman–Crippen MR) is 78.1 cm³/mol. The van der Waals surface area contributed by atoms with Crippen LogP contribution in [-0.2, 0) is 14.3 Å². The van der Waals surface area contributed by atoms with E-state index in [0.29, 0.717) is 38.8 Å². The first-order valence-electron chi connectivity index (χ1n) is 7.70. The monoisotopic (exact) mass is 353 g/mol. The minimum absolute atomic E-state index is 0.249. The number of esters is 1. The maximum absolute atomic E-state index is 12.1. The van der Waals surface area contributed by atoms with Crippen LogP contribution in [0, 0.1) is 0 Å². The summed E-state index contributed by atoms with van der Waals surface area (Å²) >= 11 is 0. The van der Waals surface area contributed by atoms with Gasteiger partial charge < -0.3 is 20.3 Å². The Labute approximate surface area is 137 Å². The lowest BCUT2D eigenvalue weighted by molar-refractivity contribution is -0.140. The van der Waals surface area contributed by atoms with Gasteiger partial charge in [0, 0.05) is 19.5 Å². The Hall–Kier alpha value is -2.00. The number of nitrogens with one attached hydrogen (secondary N) is 2. The summed E-state index contributed by atoms with van der Waals surface area (Å²) in [6, 6.07) is -1.37. The van der Waals surface area contributed by atoms with Crippen LogP contribution in [0.5, 0.6) is 0 Å². The second-order valence-electron chi connectivity index (χ2n) is 5.45. The number of halogens is 3. The molecule has 7 nitrogen and oxygen atoms in total. The highest BCUT2D eigenvalue weighted by Crippen LogP contribution is 2.18. The van der Waals surface area contributed by atoms with Gasteiger partial charge in [0.05, 0.1) is 7.11 Å². The van der Waals surface area contributed by atoms with Crippen molar-refractivity contribution in [2.24, 2.45) is 0 Å². The average Bonchev–Trinajstić information content (AvgIpc) is 3.00. The normalized spacial score (nSPS) is 17.5. The van der Waals surface area contributed by atoms with Crippen LogP contribution >= 0.6 is 0 Å². The molecule has 1 aliphatic heterocycles. The van der Waals surface area contributed by atoms with Crippen LogP contribution in [0.3, 0.4) is 0 Å². The summed E-state index contributed by atoms with van der Waals surface area (Å²) in [5.41, 5.74) is 0. The largest absolute Gasteiger partial charge is 0.469 e. The number of urea groups is 1. The average molecular weight is 353 g/mol. The molecule has 2 N–H and O–H groups in total. The Balaban J connectivity index is 2.34. The molecule has 1 rings (SSSR count). The van der Waals surface area contributed by atoms with Gasteiger partial charge in [-0.15, -0.1) is 0 Å². The van der Waals surface area contributed by atoms with Gasteiger partial charge >= 0.3 is 18.2 Å². The zero-order valence-electron chi connectivity index (χ0n) is 13.4. The predicted octanol–water partition coefficient (Wildman–Crippen LogP) is 1.18. The molecule has 1 heterocycles. The molecule has 0 aromatic rings. The van der Waals surface area contributed by atoms with Gasteiger partial charge in [-0.25, -0.2) is 4.79 Å². The Morgan fingerprint density at radius 1 is 1.21 bits per heavy atom. The summed E-state index contributed by atoms with van der Waals surface area (Å²) in [6.07, 6.45) is -2.25. The van der Waals surface area contributed by atoms with Crippen molar-refractivity contribution in [3.63, 3.8) is 0 Å². The van der Waals surface area contributed by atoms with E-state index < -0.39 is 30.7 Å². The van der Waals surface area contributed by atoms with Crippen molar-refractivity contribution >= 4 is 17.9 Å². The number of rotatable bonds is 7. The maximum atomic E-state index is 12.1. The standard InChI is InChI=1S/C14H22F3N3O4/c1-24-11(21)6-2-3-7-18-13(23)20-8-4-5-10(20)12(22)19-9-14(15,16)17/h10H,2-9H2,1H3,(H,18,23)(H,19,22). The van der Waals surface area contributed by atoms with Crippen molar-refractivity contribution in [2.75, 3.05) is 26.7 Å². The number of amides is 3. The van der Waals surface area contributed by atoms with E-state index in [1.165, 1.54) is 12.0 Å². The Morgan fingerprint density at radius 3 is 2.54 bits per heavy atom. The van der Waals surface area contributed by atoms with Crippen LogP contribution in [-0.4, -0.2) is 61.8 Å². The van der Waals surface area contributed by atoms with Crippen LogP contribution in [0.4, 0.5) is 18.0 Å².